The van der Waals surface area contributed by atoms with Crippen LogP contribution in [0.15, 0.2) is 35.7 Å². The highest BCUT2D eigenvalue weighted by atomic mass is 35.5. The lowest BCUT2D eigenvalue weighted by molar-refractivity contribution is -0.146. The van der Waals surface area contributed by atoms with Crippen LogP contribution < -0.4 is 5.32 Å². The number of amides is 1. The normalized spacial score (nSPS) is 10.2. The van der Waals surface area contributed by atoms with Crippen molar-refractivity contribution in [2.75, 3.05) is 11.9 Å². The molecule has 1 amide bonds. The minimum Gasteiger partial charge on any atom is -0.455 e. The summed E-state index contributed by atoms with van der Waals surface area (Å²) in [7, 11) is 0. The lowest BCUT2D eigenvalue weighted by Gasteiger charge is -2.07. The van der Waals surface area contributed by atoms with Crippen LogP contribution in [0, 0.1) is 5.82 Å². The Morgan fingerprint density at radius 1 is 1.33 bits per heavy atom. The van der Waals surface area contributed by atoms with Gasteiger partial charge in [-0.25, -0.2) is 4.39 Å². The summed E-state index contributed by atoms with van der Waals surface area (Å²) in [5.41, 5.74) is 0.261. The van der Waals surface area contributed by atoms with E-state index >= 15 is 0 Å². The molecule has 0 aliphatic heterocycles. The number of hydrogen-bond donors (Lipinski definition) is 1. The summed E-state index contributed by atoms with van der Waals surface area (Å²) in [6.45, 7) is -0.419. The largest absolute Gasteiger partial charge is 0.455 e. The number of thiophene rings is 1. The Labute approximate surface area is 129 Å². The van der Waals surface area contributed by atoms with E-state index in [4.69, 9.17) is 16.3 Å². The molecule has 1 N–H and O–H groups in total. The second-order valence-electron chi connectivity index (χ2n) is 4.09. The third kappa shape index (κ3) is 4.84. The topological polar surface area (TPSA) is 55.4 Å². The highest BCUT2D eigenvalue weighted by Gasteiger charge is 2.11. The van der Waals surface area contributed by atoms with Crippen LogP contribution in [-0.2, 0) is 20.7 Å². The number of hydrogen-bond acceptors (Lipinski definition) is 4. The predicted octanol–water partition coefficient (Wildman–Crippen LogP) is 3.27. The number of carbonyl (C=O) groups is 2. The quantitative estimate of drug-likeness (QED) is 0.858. The van der Waals surface area contributed by atoms with Crippen LogP contribution in [0.2, 0.25) is 5.02 Å². The molecule has 1 heterocycles. The van der Waals surface area contributed by atoms with Crippen LogP contribution >= 0.6 is 22.9 Å². The Morgan fingerprint density at radius 3 is 2.81 bits per heavy atom. The Morgan fingerprint density at radius 2 is 2.14 bits per heavy atom. The molecule has 0 aliphatic rings. The molecule has 0 spiro atoms. The summed E-state index contributed by atoms with van der Waals surface area (Å²) in [6, 6.07) is 7.23. The van der Waals surface area contributed by atoms with Gasteiger partial charge in [0.1, 0.15) is 5.82 Å². The number of anilines is 1. The van der Waals surface area contributed by atoms with Crippen molar-refractivity contribution in [3.05, 3.63) is 51.4 Å². The molecule has 0 bridgehead atoms. The van der Waals surface area contributed by atoms with Crippen molar-refractivity contribution in [2.24, 2.45) is 0 Å². The first-order valence-electron chi connectivity index (χ1n) is 5.97. The van der Waals surface area contributed by atoms with Gasteiger partial charge in [-0.05, 0) is 29.6 Å². The Kier molecular flexibility index (Phi) is 5.30. The van der Waals surface area contributed by atoms with E-state index in [1.807, 2.05) is 17.5 Å². The van der Waals surface area contributed by atoms with Gasteiger partial charge in [0.25, 0.3) is 5.91 Å². The first-order valence-corrected chi connectivity index (χ1v) is 7.23. The highest BCUT2D eigenvalue weighted by Crippen LogP contribution is 2.22. The molecule has 2 rings (SSSR count). The van der Waals surface area contributed by atoms with E-state index in [0.29, 0.717) is 0 Å². The third-order valence-corrected chi connectivity index (χ3v) is 3.66. The van der Waals surface area contributed by atoms with Crippen LogP contribution in [0.1, 0.15) is 4.88 Å². The number of rotatable bonds is 5. The monoisotopic (exact) mass is 327 g/mol. The minimum atomic E-state index is -0.539. The van der Waals surface area contributed by atoms with Gasteiger partial charge in [0.05, 0.1) is 17.1 Å². The van der Waals surface area contributed by atoms with E-state index in [1.165, 1.54) is 23.5 Å². The zero-order valence-electron chi connectivity index (χ0n) is 10.8. The van der Waals surface area contributed by atoms with E-state index in [-0.39, 0.29) is 17.1 Å². The first kappa shape index (κ1) is 15.5. The number of carbonyl (C=O) groups excluding carboxylic acids is 2. The van der Waals surface area contributed by atoms with Crippen molar-refractivity contribution in [1.82, 2.24) is 0 Å². The molecule has 4 nitrogen and oxygen atoms in total. The van der Waals surface area contributed by atoms with Gasteiger partial charge in [0.2, 0.25) is 0 Å². The predicted molar refractivity (Wildman–Crippen MR) is 79.0 cm³/mol. The molecule has 110 valence electrons. The molecule has 0 fully saturated rings. The molecular formula is C14H11ClFNO3S. The highest BCUT2D eigenvalue weighted by molar-refractivity contribution is 7.10. The average Bonchev–Trinajstić information content (AvgIpc) is 2.92. The molecule has 7 heteroatoms. The molecule has 0 saturated carbocycles. The van der Waals surface area contributed by atoms with Crippen molar-refractivity contribution in [1.29, 1.82) is 0 Å². The fourth-order valence-corrected chi connectivity index (χ4v) is 2.43. The van der Waals surface area contributed by atoms with Gasteiger partial charge in [-0.3, -0.25) is 9.59 Å². The van der Waals surface area contributed by atoms with Gasteiger partial charge < -0.3 is 10.1 Å². The second-order valence-corrected chi connectivity index (χ2v) is 5.53. The molecule has 0 unspecified atom stereocenters. The van der Waals surface area contributed by atoms with Crippen molar-refractivity contribution in [3.63, 3.8) is 0 Å². The van der Waals surface area contributed by atoms with Gasteiger partial charge in [-0.1, -0.05) is 17.7 Å². The SMILES string of the molecule is O=C(COC(=O)Cc1cccs1)Nc1ccc(F)cc1Cl. The minimum absolute atomic E-state index is 0.0771. The van der Waals surface area contributed by atoms with Crippen LogP contribution in [0.5, 0.6) is 0 Å². The molecule has 1 aromatic heterocycles. The van der Waals surface area contributed by atoms with E-state index in [1.54, 1.807) is 0 Å². The Balaban J connectivity index is 1.80. The summed E-state index contributed by atoms with van der Waals surface area (Å²) >= 11 is 7.21. The van der Waals surface area contributed by atoms with E-state index in [2.05, 4.69) is 5.32 Å². The maximum atomic E-state index is 12.9. The van der Waals surface area contributed by atoms with E-state index < -0.39 is 24.3 Å². The maximum absolute atomic E-state index is 12.9. The number of nitrogens with one attached hydrogen (secondary N) is 1. The zero-order valence-corrected chi connectivity index (χ0v) is 12.3. The molecule has 0 radical (unpaired) electrons. The summed E-state index contributed by atoms with van der Waals surface area (Å²) in [6.07, 6.45) is 0.127. The van der Waals surface area contributed by atoms with Gasteiger partial charge in [-0.2, -0.15) is 0 Å². The molecule has 0 atom stereocenters. The number of esters is 1. The van der Waals surface area contributed by atoms with Gasteiger partial charge >= 0.3 is 5.97 Å². The van der Waals surface area contributed by atoms with E-state index in [9.17, 15) is 14.0 Å². The van der Waals surface area contributed by atoms with Crippen LogP contribution in [0.3, 0.4) is 0 Å². The summed E-state index contributed by atoms with van der Waals surface area (Å²) in [4.78, 5) is 24.0. The molecule has 2 aromatic rings. The molecular weight excluding hydrogens is 317 g/mol. The van der Waals surface area contributed by atoms with E-state index in [0.717, 1.165) is 10.9 Å². The zero-order chi connectivity index (χ0) is 15.2. The van der Waals surface area contributed by atoms with Crippen molar-refractivity contribution in [2.45, 2.75) is 6.42 Å². The fourth-order valence-electron chi connectivity index (χ4n) is 1.53. The number of benzene rings is 1. The fraction of sp³-hybridized carbons (Fsp3) is 0.143. The van der Waals surface area contributed by atoms with Crippen LogP contribution in [0.25, 0.3) is 0 Å². The summed E-state index contributed by atoms with van der Waals surface area (Å²) in [5, 5.41) is 4.37. The molecule has 0 aliphatic carbocycles. The Bertz CT molecular complexity index is 646. The van der Waals surface area contributed by atoms with Crippen molar-refractivity contribution < 1.29 is 18.7 Å². The van der Waals surface area contributed by atoms with Gasteiger partial charge in [0.15, 0.2) is 6.61 Å². The van der Waals surface area contributed by atoms with Crippen molar-refractivity contribution in [3.8, 4) is 0 Å². The Hall–Kier alpha value is -1.92. The van der Waals surface area contributed by atoms with Crippen LogP contribution in [-0.4, -0.2) is 18.5 Å². The number of halogens is 2. The second kappa shape index (κ2) is 7.19. The molecule has 1 aromatic carbocycles. The standard InChI is InChI=1S/C14H11ClFNO3S/c15-11-6-9(16)3-4-12(11)17-13(18)8-20-14(19)7-10-2-1-5-21-10/h1-6H,7-8H2,(H,17,18). The van der Waals surface area contributed by atoms with Gasteiger partial charge in [-0.15, -0.1) is 11.3 Å². The first-order chi connectivity index (χ1) is 10.0. The lowest BCUT2D eigenvalue weighted by Crippen LogP contribution is -2.21. The van der Waals surface area contributed by atoms with Crippen LogP contribution in [0.4, 0.5) is 10.1 Å². The third-order valence-electron chi connectivity index (χ3n) is 2.47. The van der Waals surface area contributed by atoms with Gasteiger partial charge in [0, 0.05) is 4.88 Å². The molecule has 0 saturated heterocycles. The number of ether oxygens (including phenoxy) is 1. The van der Waals surface area contributed by atoms with Crippen molar-refractivity contribution >= 4 is 40.5 Å². The average molecular weight is 328 g/mol. The lowest BCUT2D eigenvalue weighted by atomic mass is 10.3. The maximum Gasteiger partial charge on any atom is 0.311 e. The molecule has 21 heavy (non-hydrogen) atoms. The summed E-state index contributed by atoms with van der Waals surface area (Å²) < 4.78 is 17.7. The smallest absolute Gasteiger partial charge is 0.311 e. The summed E-state index contributed by atoms with van der Waals surface area (Å²) in [5.74, 6) is -1.53.